The number of hydrogen-bond donors (Lipinski definition) is 3. The molecule has 0 aliphatic rings. The molecule has 21 heavy (non-hydrogen) atoms. The van der Waals surface area contributed by atoms with E-state index in [4.69, 9.17) is 5.73 Å². The molecular formula is C14H20N4OS2. The van der Waals surface area contributed by atoms with Crippen LogP contribution in [0.1, 0.15) is 39.7 Å². The van der Waals surface area contributed by atoms with Gasteiger partial charge in [0.05, 0.1) is 6.54 Å². The van der Waals surface area contributed by atoms with Crippen molar-refractivity contribution in [1.29, 1.82) is 0 Å². The lowest BCUT2D eigenvalue weighted by atomic mass is 10.3. The van der Waals surface area contributed by atoms with Crippen molar-refractivity contribution in [1.82, 2.24) is 10.3 Å². The van der Waals surface area contributed by atoms with Crippen molar-refractivity contribution in [3.8, 4) is 0 Å². The van der Waals surface area contributed by atoms with Crippen LogP contribution in [-0.2, 0) is 13.0 Å². The summed E-state index contributed by atoms with van der Waals surface area (Å²) in [6, 6.07) is 4.15. The van der Waals surface area contributed by atoms with Gasteiger partial charge in [-0.1, -0.05) is 25.2 Å². The molecule has 2 rings (SSSR count). The Balaban J connectivity index is 1.94. The van der Waals surface area contributed by atoms with Crippen LogP contribution in [0.2, 0.25) is 0 Å². The van der Waals surface area contributed by atoms with Crippen LogP contribution in [0.25, 0.3) is 0 Å². The average molecular weight is 324 g/mol. The normalized spacial score (nSPS) is 10.6. The van der Waals surface area contributed by atoms with Crippen LogP contribution in [0.3, 0.4) is 0 Å². The molecule has 0 radical (unpaired) electrons. The van der Waals surface area contributed by atoms with Gasteiger partial charge in [0.1, 0.15) is 10.7 Å². The van der Waals surface area contributed by atoms with Crippen LogP contribution in [0.4, 0.5) is 10.9 Å². The third-order valence-electron chi connectivity index (χ3n) is 2.87. The van der Waals surface area contributed by atoms with E-state index >= 15 is 0 Å². The van der Waals surface area contributed by atoms with Gasteiger partial charge in [-0.25, -0.2) is 4.98 Å². The van der Waals surface area contributed by atoms with Crippen molar-refractivity contribution in [3.63, 3.8) is 0 Å². The van der Waals surface area contributed by atoms with E-state index in [0.717, 1.165) is 24.3 Å². The first-order chi connectivity index (χ1) is 10.1. The van der Waals surface area contributed by atoms with E-state index in [2.05, 4.69) is 35.5 Å². The average Bonchev–Trinajstić information content (AvgIpc) is 3.09. The second-order valence-electron chi connectivity index (χ2n) is 4.56. The number of thiophene rings is 1. The number of amides is 1. The van der Waals surface area contributed by atoms with Crippen LogP contribution in [0.15, 0.2) is 12.1 Å². The van der Waals surface area contributed by atoms with Gasteiger partial charge < -0.3 is 16.4 Å². The molecule has 0 bridgehead atoms. The van der Waals surface area contributed by atoms with Gasteiger partial charge in [-0.2, -0.15) is 0 Å². The third-order valence-corrected chi connectivity index (χ3v) is 5.13. The molecule has 0 aliphatic carbocycles. The molecule has 114 valence electrons. The van der Waals surface area contributed by atoms with Gasteiger partial charge in [0, 0.05) is 16.3 Å². The fourth-order valence-electron chi connectivity index (χ4n) is 1.76. The molecule has 0 aromatic carbocycles. The second-order valence-corrected chi connectivity index (χ2v) is 6.82. The van der Waals surface area contributed by atoms with Crippen LogP contribution >= 0.6 is 22.7 Å². The topological polar surface area (TPSA) is 80.0 Å². The highest BCUT2D eigenvalue weighted by Crippen LogP contribution is 2.25. The predicted molar refractivity (Wildman–Crippen MR) is 90.2 cm³/mol. The molecule has 0 saturated carbocycles. The monoisotopic (exact) mass is 324 g/mol. The molecule has 0 spiro atoms. The molecule has 0 unspecified atom stereocenters. The van der Waals surface area contributed by atoms with E-state index in [0.29, 0.717) is 16.6 Å². The maximum absolute atomic E-state index is 12.2. The van der Waals surface area contributed by atoms with Gasteiger partial charge in [-0.3, -0.25) is 4.79 Å². The van der Waals surface area contributed by atoms with Crippen molar-refractivity contribution in [2.24, 2.45) is 0 Å². The number of nitrogens with zero attached hydrogens (tertiary/aromatic N) is 1. The fraction of sp³-hybridized carbons (Fsp3) is 0.429. The minimum Gasteiger partial charge on any atom is -0.382 e. The number of anilines is 2. The van der Waals surface area contributed by atoms with E-state index in [-0.39, 0.29) is 11.7 Å². The van der Waals surface area contributed by atoms with Gasteiger partial charge >= 0.3 is 0 Å². The number of carbonyl (C=O) groups excluding carboxylic acids is 1. The zero-order valence-electron chi connectivity index (χ0n) is 12.2. The molecule has 5 nitrogen and oxygen atoms in total. The zero-order valence-corrected chi connectivity index (χ0v) is 13.9. The van der Waals surface area contributed by atoms with Crippen LogP contribution < -0.4 is 16.4 Å². The number of thiazole rings is 1. The van der Waals surface area contributed by atoms with E-state index < -0.39 is 0 Å². The fourth-order valence-corrected chi connectivity index (χ4v) is 3.48. The first-order valence-corrected chi connectivity index (χ1v) is 8.63. The number of aromatic nitrogens is 1. The molecule has 4 N–H and O–H groups in total. The molecule has 2 heterocycles. The second kappa shape index (κ2) is 7.42. The Morgan fingerprint density at radius 1 is 1.29 bits per heavy atom. The molecule has 1 amide bonds. The van der Waals surface area contributed by atoms with Gasteiger partial charge in [-0.15, -0.1) is 11.3 Å². The third kappa shape index (κ3) is 4.18. The molecule has 2 aromatic rings. The predicted octanol–water partition coefficient (Wildman–Crippen LogP) is 3.10. The van der Waals surface area contributed by atoms with Gasteiger partial charge in [0.2, 0.25) is 0 Å². The Morgan fingerprint density at radius 2 is 2.05 bits per heavy atom. The molecular weight excluding hydrogens is 304 g/mol. The van der Waals surface area contributed by atoms with Gasteiger partial charge in [-0.05, 0) is 25.0 Å². The Kier molecular flexibility index (Phi) is 5.58. The highest BCUT2D eigenvalue weighted by molar-refractivity contribution is 7.18. The molecule has 0 atom stereocenters. The summed E-state index contributed by atoms with van der Waals surface area (Å²) in [5.41, 5.74) is 5.81. The number of hydrogen-bond acceptors (Lipinski definition) is 6. The first-order valence-electron chi connectivity index (χ1n) is 7.00. The number of rotatable bonds is 7. The van der Waals surface area contributed by atoms with E-state index in [1.165, 1.54) is 16.2 Å². The summed E-state index contributed by atoms with van der Waals surface area (Å²) in [5.74, 6) is 0.123. The van der Waals surface area contributed by atoms with Crippen LogP contribution in [0, 0.1) is 0 Å². The Hall–Kier alpha value is -1.60. The SMILES string of the molecule is CCCNc1nc(N)c(C(=O)NCc2ccc(CC)s2)s1. The Morgan fingerprint density at radius 3 is 2.71 bits per heavy atom. The number of nitrogens with two attached hydrogens (primary N) is 1. The number of carbonyl (C=O) groups is 1. The quantitative estimate of drug-likeness (QED) is 0.731. The summed E-state index contributed by atoms with van der Waals surface area (Å²) < 4.78 is 0. The summed E-state index contributed by atoms with van der Waals surface area (Å²) >= 11 is 3.02. The van der Waals surface area contributed by atoms with E-state index in [1.807, 2.05) is 6.07 Å². The lowest BCUT2D eigenvalue weighted by Gasteiger charge is -2.01. The molecule has 2 aromatic heterocycles. The lowest BCUT2D eigenvalue weighted by molar-refractivity contribution is 0.0956. The summed E-state index contributed by atoms with van der Waals surface area (Å²) in [6.07, 6.45) is 2.02. The maximum Gasteiger partial charge on any atom is 0.265 e. The zero-order chi connectivity index (χ0) is 15.2. The Bertz CT molecular complexity index is 606. The van der Waals surface area contributed by atoms with Crippen molar-refractivity contribution >= 4 is 39.5 Å². The van der Waals surface area contributed by atoms with Gasteiger partial charge in [0.15, 0.2) is 5.13 Å². The number of nitrogen functional groups attached to an aromatic ring is 1. The molecule has 7 heteroatoms. The van der Waals surface area contributed by atoms with Crippen molar-refractivity contribution in [2.75, 3.05) is 17.6 Å². The maximum atomic E-state index is 12.2. The summed E-state index contributed by atoms with van der Waals surface area (Å²) in [7, 11) is 0. The summed E-state index contributed by atoms with van der Waals surface area (Å²) in [4.78, 5) is 19.3. The smallest absolute Gasteiger partial charge is 0.265 e. The largest absolute Gasteiger partial charge is 0.382 e. The highest BCUT2D eigenvalue weighted by Gasteiger charge is 2.16. The van der Waals surface area contributed by atoms with E-state index in [9.17, 15) is 4.79 Å². The highest BCUT2D eigenvalue weighted by atomic mass is 32.1. The molecule has 0 saturated heterocycles. The molecule has 0 aliphatic heterocycles. The lowest BCUT2D eigenvalue weighted by Crippen LogP contribution is -2.22. The van der Waals surface area contributed by atoms with Crippen molar-refractivity contribution in [3.05, 3.63) is 26.8 Å². The van der Waals surface area contributed by atoms with Crippen LogP contribution in [0.5, 0.6) is 0 Å². The van der Waals surface area contributed by atoms with E-state index in [1.54, 1.807) is 11.3 Å². The van der Waals surface area contributed by atoms with Crippen molar-refractivity contribution in [2.45, 2.75) is 33.2 Å². The minimum absolute atomic E-state index is 0.166. The standard InChI is InChI=1S/C14H20N4OS2/c1-3-7-16-14-18-12(15)11(21-14)13(19)17-8-10-6-5-9(4-2)20-10/h5-6H,3-4,7-8,15H2,1-2H3,(H,16,18)(H,17,19). The van der Waals surface area contributed by atoms with Crippen LogP contribution in [-0.4, -0.2) is 17.4 Å². The molecule has 0 fully saturated rings. The van der Waals surface area contributed by atoms with Gasteiger partial charge in [0.25, 0.3) is 5.91 Å². The summed E-state index contributed by atoms with van der Waals surface area (Å²) in [5, 5.41) is 6.74. The summed E-state index contributed by atoms with van der Waals surface area (Å²) in [6.45, 7) is 5.54. The number of nitrogens with one attached hydrogen (secondary N) is 2. The first kappa shape index (κ1) is 15.8. The number of aryl methyl sites for hydroxylation is 1. The Labute approximate surface area is 132 Å². The minimum atomic E-state index is -0.166. The van der Waals surface area contributed by atoms with Crippen molar-refractivity contribution < 1.29 is 4.79 Å².